The minimum absolute atomic E-state index is 0.645. The van der Waals surface area contributed by atoms with E-state index in [9.17, 15) is 5.26 Å². The van der Waals surface area contributed by atoms with Crippen molar-refractivity contribution in [3.8, 4) is 6.07 Å². The molecular formula is C16H25ClN2. The van der Waals surface area contributed by atoms with Gasteiger partial charge in [-0.15, -0.1) is 11.6 Å². The van der Waals surface area contributed by atoms with Crippen molar-refractivity contribution in [2.45, 2.75) is 46.0 Å². The molecule has 0 aliphatic carbocycles. The molecule has 0 saturated carbocycles. The summed E-state index contributed by atoms with van der Waals surface area (Å²) < 4.78 is 0. The molecule has 0 unspecified atom stereocenters. The van der Waals surface area contributed by atoms with Gasteiger partial charge in [-0.05, 0) is 55.0 Å². The maximum Gasteiger partial charge on any atom is 0.0994 e. The van der Waals surface area contributed by atoms with Crippen molar-refractivity contribution in [1.82, 2.24) is 0 Å². The fraction of sp³-hybridized carbons (Fsp3) is 0.562. The van der Waals surface area contributed by atoms with Crippen LogP contribution >= 0.6 is 11.6 Å². The Bertz CT molecular complexity index is 408. The number of hydrogen-bond acceptors (Lipinski definition) is 2. The average Bonchev–Trinajstić information content (AvgIpc) is 2.47. The molecule has 0 aliphatic rings. The van der Waals surface area contributed by atoms with Crippen LogP contribution in [0.15, 0.2) is 12.1 Å². The van der Waals surface area contributed by atoms with Gasteiger partial charge in [-0.3, -0.25) is 0 Å². The zero-order valence-electron chi connectivity index (χ0n) is 12.3. The Kier molecular flexibility index (Phi) is 10.2. The van der Waals surface area contributed by atoms with Crippen molar-refractivity contribution in [3.63, 3.8) is 0 Å². The largest absolute Gasteiger partial charge is 0.330 e. The summed E-state index contributed by atoms with van der Waals surface area (Å²) in [5.41, 5.74) is 10.2. The number of hydrogen-bond donors (Lipinski definition) is 1. The molecule has 0 spiro atoms. The van der Waals surface area contributed by atoms with Crippen molar-refractivity contribution in [1.29, 1.82) is 5.26 Å². The Labute approximate surface area is 122 Å². The zero-order valence-corrected chi connectivity index (χ0v) is 13.1. The van der Waals surface area contributed by atoms with Crippen LogP contribution in [0.2, 0.25) is 0 Å². The van der Waals surface area contributed by atoms with Crippen LogP contribution in [0, 0.1) is 11.3 Å². The van der Waals surface area contributed by atoms with Crippen molar-refractivity contribution < 1.29 is 0 Å². The molecule has 0 amide bonds. The Morgan fingerprint density at radius 2 is 1.79 bits per heavy atom. The van der Waals surface area contributed by atoms with Gasteiger partial charge in [0.1, 0.15) is 0 Å². The molecule has 0 radical (unpaired) electrons. The molecule has 106 valence electrons. The van der Waals surface area contributed by atoms with Crippen molar-refractivity contribution in [2.75, 3.05) is 12.9 Å². The van der Waals surface area contributed by atoms with E-state index >= 15 is 0 Å². The first-order valence-electron chi connectivity index (χ1n) is 6.89. The molecule has 3 heteroatoms. The number of nitriles is 1. The van der Waals surface area contributed by atoms with Gasteiger partial charge in [0.15, 0.2) is 0 Å². The molecule has 0 bridgehead atoms. The Morgan fingerprint density at radius 1 is 1.11 bits per heavy atom. The molecule has 1 aromatic rings. The molecule has 19 heavy (non-hydrogen) atoms. The summed E-state index contributed by atoms with van der Waals surface area (Å²) in [6, 6.07) is 6.56. The molecule has 0 aliphatic heterocycles. The SMILES string of the molecule is CCCCc1cc(CC)c(CCN)cc1C#N.CCl. The van der Waals surface area contributed by atoms with Crippen LogP contribution in [0.5, 0.6) is 0 Å². The Balaban J connectivity index is 0.00000154. The van der Waals surface area contributed by atoms with Crippen LogP contribution in [-0.2, 0) is 19.3 Å². The topological polar surface area (TPSA) is 49.8 Å². The van der Waals surface area contributed by atoms with Gasteiger partial charge < -0.3 is 5.73 Å². The van der Waals surface area contributed by atoms with Crippen LogP contribution in [0.4, 0.5) is 0 Å². The number of nitrogens with zero attached hydrogens (tertiary/aromatic N) is 1. The maximum absolute atomic E-state index is 9.19. The number of aryl methyl sites for hydroxylation is 2. The predicted molar refractivity (Wildman–Crippen MR) is 83.7 cm³/mol. The number of alkyl halides is 1. The quantitative estimate of drug-likeness (QED) is 0.806. The van der Waals surface area contributed by atoms with E-state index in [1.807, 2.05) is 6.07 Å². The van der Waals surface area contributed by atoms with E-state index in [0.29, 0.717) is 6.54 Å². The molecule has 1 rings (SSSR count). The third-order valence-corrected chi connectivity index (χ3v) is 3.14. The second-order valence-electron chi connectivity index (χ2n) is 4.39. The van der Waals surface area contributed by atoms with Crippen LogP contribution in [-0.4, -0.2) is 12.9 Å². The first kappa shape index (κ1) is 18.0. The number of rotatable bonds is 6. The molecule has 0 aromatic heterocycles. The average molecular weight is 281 g/mol. The highest BCUT2D eigenvalue weighted by Gasteiger charge is 2.08. The first-order chi connectivity index (χ1) is 9.26. The number of benzene rings is 1. The molecule has 1 aromatic carbocycles. The van der Waals surface area contributed by atoms with Gasteiger partial charge >= 0.3 is 0 Å². The van der Waals surface area contributed by atoms with Gasteiger partial charge in [0, 0.05) is 6.38 Å². The Hall–Kier alpha value is -1.04. The van der Waals surface area contributed by atoms with Gasteiger partial charge in [0.2, 0.25) is 0 Å². The third-order valence-electron chi connectivity index (χ3n) is 3.14. The Morgan fingerprint density at radius 3 is 2.26 bits per heavy atom. The molecule has 0 fully saturated rings. The van der Waals surface area contributed by atoms with Crippen LogP contribution in [0.25, 0.3) is 0 Å². The van der Waals surface area contributed by atoms with E-state index in [-0.39, 0.29) is 0 Å². The van der Waals surface area contributed by atoms with E-state index < -0.39 is 0 Å². The van der Waals surface area contributed by atoms with Crippen LogP contribution < -0.4 is 5.73 Å². The minimum atomic E-state index is 0.645. The van der Waals surface area contributed by atoms with Crippen LogP contribution in [0.1, 0.15) is 48.9 Å². The maximum atomic E-state index is 9.19. The van der Waals surface area contributed by atoms with E-state index in [2.05, 4.69) is 37.6 Å². The number of halogens is 1. The second kappa shape index (κ2) is 10.8. The van der Waals surface area contributed by atoms with Crippen LogP contribution in [0.3, 0.4) is 0 Å². The van der Waals surface area contributed by atoms with E-state index in [4.69, 9.17) is 5.73 Å². The lowest BCUT2D eigenvalue weighted by Gasteiger charge is -2.11. The highest BCUT2D eigenvalue weighted by Crippen LogP contribution is 2.19. The standard InChI is InChI=1S/C15H22N2.CH3Cl/c1-3-5-6-13-9-12(4-2)14(7-8-16)10-15(13)11-17;1-2/h9-10H,3-8,16H2,1-2H3;1H3. The molecule has 0 heterocycles. The van der Waals surface area contributed by atoms with E-state index in [1.54, 1.807) is 0 Å². The van der Waals surface area contributed by atoms with Gasteiger partial charge in [-0.2, -0.15) is 5.26 Å². The lowest BCUT2D eigenvalue weighted by molar-refractivity contribution is 0.790. The fourth-order valence-corrected chi connectivity index (χ4v) is 2.14. The first-order valence-corrected chi connectivity index (χ1v) is 7.65. The van der Waals surface area contributed by atoms with Gasteiger partial charge in [-0.1, -0.05) is 26.3 Å². The van der Waals surface area contributed by atoms with Crippen molar-refractivity contribution >= 4 is 11.6 Å². The van der Waals surface area contributed by atoms with Crippen molar-refractivity contribution in [2.24, 2.45) is 5.73 Å². The molecule has 0 saturated heterocycles. The molecule has 0 atom stereocenters. The fourth-order valence-electron chi connectivity index (χ4n) is 2.14. The van der Waals surface area contributed by atoms with E-state index in [0.717, 1.165) is 37.7 Å². The summed E-state index contributed by atoms with van der Waals surface area (Å²) >= 11 is 4.64. The highest BCUT2D eigenvalue weighted by molar-refractivity contribution is 6.15. The molecule has 2 N–H and O–H groups in total. The smallest absolute Gasteiger partial charge is 0.0994 e. The number of nitrogens with two attached hydrogens (primary N) is 1. The summed E-state index contributed by atoms with van der Waals surface area (Å²) in [5, 5.41) is 9.19. The molecule has 2 nitrogen and oxygen atoms in total. The lowest BCUT2D eigenvalue weighted by Crippen LogP contribution is -2.07. The monoisotopic (exact) mass is 280 g/mol. The van der Waals surface area contributed by atoms with Gasteiger partial charge in [0.05, 0.1) is 11.6 Å². The summed E-state index contributed by atoms with van der Waals surface area (Å²) in [6.07, 6.45) is 6.67. The summed E-state index contributed by atoms with van der Waals surface area (Å²) in [4.78, 5) is 0. The zero-order chi connectivity index (χ0) is 14.7. The second-order valence-corrected chi connectivity index (χ2v) is 4.39. The van der Waals surface area contributed by atoms with Gasteiger partial charge in [-0.25, -0.2) is 0 Å². The van der Waals surface area contributed by atoms with E-state index in [1.165, 1.54) is 23.1 Å². The normalized spacial score (nSPS) is 9.47. The summed E-state index contributed by atoms with van der Waals surface area (Å²) in [7, 11) is 0. The lowest BCUT2D eigenvalue weighted by atomic mass is 9.93. The predicted octanol–water partition coefficient (Wildman–Crippen LogP) is 3.82. The van der Waals surface area contributed by atoms with Crippen molar-refractivity contribution in [3.05, 3.63) is 34.4 Å². The van der Waals surface area contributed by atoms with Gasteiger partial charge in [0.25, 0.3) is 0 Å². The minimum Gasteiger partial charge on any atom is -0.330 e. The summed E-state index contributed by atoms with van der Waals surface area (Å²) in [5.74, 6) is 0. The highest BCUT2D eigenvalue weighted by atomic mass is 35.5. The third kappa shape index (κ3) is 5.63. The summed E-state index contributed by atoms with van der Waals surface area (Å²) in [6.45, 7) is 4.98. The number of unbranched alkanes of at least 4 members (excludes halogenated alkanes) is 1. The molecular weight excluding hydrogens is 256 g/mol.